The first-order valence-electron chi connectivity index (χ1n) is 4.89. The molecule has 4 nitrogen and oxygen atoms in total. The van der Waals surface area contributed by atoms with Crippen molar-refractivity contribution >= 4 is 11.9 Å². The summed E-state index contributed by atoms with van der Waals surface area (Å²) in [6.45, 7) is 3.78. The van der Waals surface area contributed by atoms with E-state index in [0.29, 0.717) is 6.42 Å². The van der Waals surface area contributed by atoms with E-state index in [1.165, 1.54) is 0 Å². The molecule has 2 unspecified atom stereocenters. The summed E-state index contributed by atoms with van der Waals surface area (Å²) in [6, 6.07) is 0. The lowest BCUT2D eigenvalue weighted by atomic mass is 9.89. The maximum absolute atomic E-state index is 10.5. The predicted octanol–water partition coefficient (Wildman–Crippen LogP) is 1.99. The topological polar surface area (TPSA) is 74.6 Å². The molecule has 0 saturated heterocycles. The molecule has 0 bridgehead atoms. The molecule has 0 spiro atoms. The minimum atomic E-state index is -0.817. The van der Waals surface area contributed by atoms with Gasteiger partial charge in [0.05, 0.1) is 0 Å². The minimum Gasteiger partial charge on any atom is -0.481 e. The highest BCUT2D eigenvalue weighted by atomic mass is 16.4. The number of rotatable bonds is 7. The number of aliphatic carboxylic acids is 2. The lowest BCUT2D eigenvalue weighted by molar-refractivity contribution is -0.138. The molecule has 14 heavy (non-hydrogen) atoms. The lowest BCUT2D eigenvalue weighted by Gasteiger charge is -2.16. The normalized spacial score (nSPS) is 14.7. The molecule has 0 aromatic heterocycles. The van der Waals surface area contributed by atoms with Gasteiger partial charge in [-0.05, 0) is 18.3 Å². The maximum Gasteiger partial charge on any atom is 0.303 e. The van der Waals surface area contributed by atoms with E-state index in [4.69, 9.17) is 10.2 Å². The molecule has 0 saturated carbocycles. The molecule has 0 aliphatic carbocycles. The Morgan fingerprint density at radius 3 is 2.00 bits per heavy atom. The fraction of sp³-hybridized carbons (Fsp3) is 0.800. The third kappa shape index (κ3) is 6.46. The third-order valence-electron chi connectivity index (χ3n) is 2.30. The van der Waals surface area contributed by atoms with Crippen LogP contribution in [-0.4, -0.2) is 22.2 Å². The molecule has 0 rings (SSSR count). The fourth-order valence-corrected chi connectivity index (χ4v) is 1.59. The zero-order valence-corrected chi connectivity index (χ0v) is 8.69. The average Bonchev–Trinajstić information content (AvgIpc) is 2.00. The molecule has 2 atom stereocenters. The molecular weight excluding hydrogens is 184 g/mol. The smallest absolute Gasteiger partial charge is 0.303 e. The van der Waals surface area contributed by atoms with E-state index in [1.54, 1.807) is 0 Å². The third-order valence-corrected chi connectivity index (χ3v) is 2.30. The molecule has 0 aromatic rings. The molecule has 0 radical (unpaired) electrons. The summed E-state index contributed by atoms with van der Waals surface area (Å²) in [6.07, 6.45) is 1.72. The van der Waals surface area contributed by atoms with Gasteiger partial charge in [0.1, 0.15) is 0 Å². The summed E-state index contributed by atoms with van der Waals surface area (Å²) in [5.74, 6) is -1.47. The molecule has 82 valence electrons. The Morgan fingerprint density at radius 2 is 1.64 bits per heavy atom. The highest BCUT2D eigenvalue weighted by Gasteiger charge is 2.16. The van der Waals surface area contributed by atoms with E-state index in [0.717, 1.165) is 6.42 Å². The van der Waals surface area contributed by atoms with Gasteiger partial charge < -0.3 is 10.2 Å². The monoisotopic (exact) mass is 202 g/mol. The molecule has 0 fully saturated rings. The van der Waals surface area contributed by atoms with E-state index >= 15 is 0 Å². The van der Waals surface area contributed by atoms with Crippen molar-refractivity contribution < 1.29 is 19.8 Å². The summed E-state index contributed by atoms with van der Waals surface area (Å²) < 4.78 is 0. The maximum atomic E-state index is 10.5. The van der Waals surface area contributed by atoms with Crippen LogP contribution in [0.5, 0.6) is 0 Å². The SMILES string of the molecule is CCC(CC(=O)O)CC(C)CC(=O)O. The fourth-order valence-electron chi connectivity index (χ4n) is 1.59. The van der Waals surface area contributed by atoms with E-state index in [1.807, 2.05) is 13.8 Å². The number of hydrogen-bond donors (Lipinski definition) is 2. The Labute approximate surface area is 83.9 Å². The van der Waals surface area contributed by atoms with Crippen LogP contribution in [0.15, 0.2) is 0 Å². The zero-order chi connectivity index (χ0) is 11.1. The number of hydrogen-bond acceptors (Lipinski definition) is 2. The second kappa shape index (κ2) is 6.40. The summed E-state index contributed by atoms with van der Waals surface area (Å²) >= 11 is 0. The van der Waals surface area contributed by atoms with Crippen molar-refractivity contribution in [2.75, 3.05) is 0 Å². The van der Waals surface area contributed by atoms with Gasteiger partial charge in [0.2, 0.25) is 0 Å². The van der Waals surface area contributed by atoms with E-state index in [2.05, 4.69) is 0 Å². The van der Waals surface area contributed by atoms with E-state index in [9.17, 15) is 9.59 Å². The van der Waals surface area contributed by atoms with Crippen molar-refractivity contribution in [3.8, 4) is 0 Å². The first-order chi connectivity index (χ1) is 6.45. The van der Waals surface area contributed by atoms with Gasteiger partial charge in [-0.2, -0.15) is 0 Å². The standard InChI is InChI=1S/C10H18O4/c1-3-8(6-10(13)14)4-7(2)5-9(11)12/h7-8H,3-6H2,1-2H3,(H,11,12)(H,13,14). The second-order valence-corrected chi connectivity index (χ2v) is 3.81. The highest BCUT2D eigenvalue weighted by molar-refractivity contribution is 5.67. The van der Waals surface area contributed by atoms with Crippen molar-refractivity contribution in [1.82, 2.24) is 0 Å². The molecule has 4 heteroatoms. The van der Waals surface area contributed by atoms with E-state index < -0.39 is 11.9 Å². The van der Waals surface area contributed by atoms with Gasteiger partial charge >= 0.3 is 11.9 Å². The molecule has 2 N–H and O–H groups in total. The Kier molecular flexibility index (Phi) is 5.92. The van der Waals surface area contributed by atoms with Gasteiger partial charge in [-0.25, -0.2) is 0 Å². The highest BCUT2D eigenvalue weighted by Crippen LogP contribution is 2.21. The van der Waals surface area contributed by atoms with Crippen molar-refractivity contribution in [3.05, 3.63) is 0 Å². The first-order valence-corrected chi connectivity index (χ1v) is 4.89. The van der Waals surface area contributed by atoms with Gasteiger partial charge in [0, 0.05) is 12.8 Å². The summed E-state index contributed by atoms with van der Waals surface area (Å²) in [7, 11) is 0. The zero-order valence-electron chi connectivity index (χ0n) is 8.69. The molecule has 0 aromatic carbocycles. The van der Waals surface area contributed by atoms with Crippen molar-refractivity contribution in [2.24, 2.45) is 11.8 Å². The van der Waals surface area contributed by atoms with Crippen molar-refractivity contribution in [3.63, 3.8) is 0 Å². The molecular formula is C10H18O4. The quantitative estimate of drug-likeness (QED) is 0.662. The van der Waals surface area contributed by atoms with Crippen LogP contribution in [0, 0.1) is 11.8 Å². The van der Waals surface area contributed by atoms with Crippen LogP contribution >= 0.6 is 0 Å². The molecule has 0 aliphatic rings. The Morgan fingerprint density at radius 1 is 1.14 bits per heavy atom. The molecule has 0 amide bonds. The van der Waals surface area contributed by atoms with Gasteiger partial charge in [-0.15, -0.1) is 0 Å². The molecule has 0 aliphatic heterocycles. The summed E-state index contributed by atoms with van der Waals surface area (Å²) in [5, 5.41) is 17.1. The van der Waals surface area contributed by atoms with Crippen LogP contribution in [0.4, 0.5) is 0 Å². The Hall–Kier alpha value is -1.06. The van der Waals surface area contributed by atoms with Crippen LogP contribution in [0.3, 0.4) is 0 Å². The van der Waals surface area contributed by atoms with Gasteiger partial charge in [0.15, 0.2) is 0 Å². The van der Waals surface area contributed by atoms with Gasteiger partial charge in [-0.3, -0.25) is 9.59 Å². The van der Waals surface area contributed by atoms with Gasteiger partial charge in [0.25, 0.3) is 0 Å². The summed E-state index contributed by atoms with van der Waals surface area (Å²) in [4.78, 5) is 20.8. The van der Waals surface area contributed by atoms with Crippen LogP contribution in [0.25, 0.3) is 0 Å². The molecule has 0 heterocycles. The van der Waals surface area contributed by atoms with Crippen LogP contribution < -0.4 is 0 Å². The van der Waals surface area contributed by atoms with Crippen LogP contribution in [0.1, 0.15) is 39.5 Å². The Bertz CT molecular complexity index is 200. The van der Waals surface area contributed by atoms with Crippen LogP contribution in [-0.2, 0) is 9.59 Å². The Balaban J connectivity index is 3.91. The van der Waals surface area contributed by atoms with Crippen molar-refractivity contribution in [1.29, 1.82) is 0 Å². The number of carboxylic acids is 2. The lowest BCUT2D eigenvalue weighted by Crippen LogP contribution is -2.13. The van der Waals surface area contributed by atoms with Gasteiger partial charge in [-0.1, -0.05) is 20.3 Å². The van der Waals surface area contributed by atoms with Crippen LogP contribution in [0.2, 0.25) is 0 Å². The second-order valence-electron chi connectivity index (χ2n) is 3.81. The average molecular weight is 202 g/mol. The van der Waals surface area contributed by atoms with Crippen molar-refractivity contribution in [2.45, 2.75) is 39.5 Å². The largest absolute Gasteiger partial charge is 0.481 e. The summed E-state index contributed by atoms with van der Waals surface area (Å²) in [5.41, 5.74) is 0. The number of carboxylic acid groups (broad SMARTS) is 2. The minimum absolute atomic E-state index is 0.0526. The predicted molar refractivity (Wildman–Crippen MR) is 52.1 cm³/mol. The van der Waals surface area contributed by atoms with E-state index in [-0.39, 0.29) is 24.7 Å². The number of carbonyl (C=O) groups is 2. The first kappa shape index (κ1) is 12.9.